The van der Waals surface area contributed by atoms with Gasteiger partial charge in [0.25, 0.3) is 5.91 Å². The molecule has 2 aliphatic rings. The molecule has 0 N–H and O–H groups in total. The van der Waals surface area contributed by atoms with Gasteiger partial charge in [0, 0.05) is 31.1 Å². The monoisotopic (exact) mass is 324 g/mol. The Morgan fingerprint density at radius 2 is 2.17 bits per heavy atom. The van der Waals surface area contributed by atoms with Crippen LogP contribution in [0.5, 0.6) is 0 Å². The van der Waals surface area contributed by atoms with Crippen LogP contribution in [0.3, 0.4) is 0 Å². The molecule has 0 bridgehead atoms. The summed E-state index contributed by atoms with van der Waals surface area (Å²) < 4.78 is 7.10. The van der Waals surface area contributed by atoms with E-state index in [9.17, 15) is 4.79 Å². The predicted molar refractivity (Wildman–Crippen MR) is 82.3 cm³/mol. The minimum Gasteiger partial charge on any atom is -0.339 e. The lowest BCUT2D eigenvalue weighted by molar-refractivity contribution is 0.0723. The van der Waals surface area contributed by atoms with Crippen molar-refractivity contribution in [3.8, 4) is 0 Å². The summed E-state index contributed by atoms with van der Waals surface area (Å²) in [4.78, 5) is 27.7. The molecule has 1 saturated carbocycles. The molecule has 24 heavy (non-hydrogen) atoms. The molecule has 1 saturated heterocycles. The first-order chi connectivity index (χ1) is 11.8. The van der Waals surface area contributed by atoms with Crippen LogP contribution in [-0.4, -0.2) is 41.9 Å². The third-order valence-electron chi connectivity index (χ3n) is 4.65. The average Bonchev–Trinajstić information content (AvgIpc) is 3.06. The van der Waals surface area contributed by atoms with Crippen molar-refractivity contribution < 1.29 is 9.32 Å². The van der Waals surface area contributed by atoms with Gasteiger partial charge in [-0.25, -0.2) is 9.97 Å². The Labute approximate surface area is 137 Å². The molecular weight excluding hydrogens is 308 g/mol. The molecule has 1 atom stereocenters. The van der Waals surface area contributed by atoms with Gasteiger partial charge in [-0.3, -0.25) is 9.20 Å². The minimum absolute atomic E-state index is 0.110. The highest BCUT2D eigenvalue weighted by Gasteiger charge is 2.37. The van der Waals surface area contributed by atoms with E-state index in [1.54, 1.807) is 27.8 Å². The van der Waals surface area contributed by atoms with Gasteiger partial charge in [-0.2, -0.15) is 4.98 Å². The van der Waals surface area contributed by atoms with E-state index in [1.807, 2.05) is 6.20 Å². The summed E-state index contributed by atoms with van der Waals surface area (Å²) in [5.41, 5.74) is 0.395. The van der Waals surface area contributed by atoms with Crippen molar-refractivity contribution in [3.63, 3.8) is 0 Å². The molecule has 0 spiro atoms. The van der Waals surface area contributed by atoms with Crippen molar-refractivity contribution in [3.05, 3.63) is 42.1 Å². The van der Waals surface area contributed by atoms with Crippen molar-refractivity contribution in [1.82, 2.24) is 29.4 Å². The molecule has 0 unspecified atom stereocenters. The van der Waals surface area contributed by atoms with Crippen molar-refractivity contribution >= 4 is 11.7 Å². The molecule has 3 aromatic heterocycles. The summed E-state index contributed by atoms with van der Waals surface area (Å²) in [6.45, 7) is 0.679. The van der Waals surface area contributed by atoms with Gasteiger partial charge < -0.3 is 9.42 Å². The van der Waals surface area contributed by atoms with Crippen LogP contribution in [0.25, 0.3) is 5.78 Å². The summed E-state index contributed by atoms with van der Waals surface area (Å²) in [6, 6.07) is 1.67. The quantitative estimate of drug-likeness (QED) is 0.731. The Kier molecular flexibility index (Phi) is 2.91. The normalized spacial score (nSPS) is 20.8. The van der Waals surface area contributed by atoms with E-state index in [-0.39, 0.29) is 11.9 Å². The van der Waals surface area contributed by atoms with E-state index in [4.69, 9.17) is 4.52 Å². The highest BCUT2D eigenvalue weighted by atomic mass is 16.5. The molecule has 0 aromatic carbocycles. The zero-order valence-electron chi connectivity index (χ0n) is 13.0. The Morgan fingerprint density at radius 3 is 3.00 bits per heavy atom. The van der Waals surface area contributed by atoms with Gasteiger partial charge in [-0.1, -0.05) is 5.16 Å². The molecule has 2 fully saturated rings. The van der Waals surface area contributed by atoms with Gasteiger partial charge in [-0.15, -0.1) is 0 Å². The fraction of sp³-hybridized carbons (Fsp3) is 0.438. The lowest BCUT2D eigenvalue weighted by Crippen LogP contribution is -2.31. The fourth-order valence-corrected chi connectivity index (χ4v) is 3.24. The Morgan fingerprint density at radius 1 is 1.25 bits per heavy atom. The second-order valence-corrected chi connectivity index (χ2v) is 6.37. The van der Waals surface area contributed by atoms with E-state index >= 15 is 0 Å². The third kappa shape index (κ3) is 2.17. The fourth-order valence-electron chi connectivity index (χ4n) is 3.24. The van der Waals surface area contributed by atoms with Gasteiger partial charge in [0.05, 0.1) is 6.04 Å². The zero-order chi connectivity index (χ0) is 16.1. The summed E-state index contributed by atoms with van der Waals surface area (Å²) in [6.07, 6.45) is 9.21. The summed E-state index contributed by atoms with van der Waals surface area (Å²) >= 11 is 0. The molecule has 8 heteroatoms. The van der Waals surface area contributed by atoms with Gasteiger partial charge >= 0.3 is 0 Å². The lowest BCUT2D eigenvalue weighted by Gasteiger charge is -2.20. The van der Waals surface area contributed by atoms with Gasteiger partial charge in [0.2, 0.25) is 11.7 Å². The smallest absolute Gasteiger partial charge is 0.274 e. The molecule has 1 amide bonds. The van der Waals surface area contributed by atoms with Gasteiger partial charge in [-0.05, 0) is 31.7 Å². The van der Waals surface area contributed by atoms with Crippen LogP contribution >= 0.6 is 0 Å². The number of hydrogen-bond donors (Lipinski definition) is 0. The van der Waals surface area contributed by atoms with E-state index in [2.05, 4.69) is 20.1 Å². The second-order valence-electron chi connectivity index (χ2n) is 6.37. The maximum Gasteiger partial charge on any atom is 0.274 e. The van der Waals surface area contributed by atoms with Gasteiger partial charge in [0.15, 0.2) is 5.82 Å². The molecule has 1 aliphatic carbocycles. The molecule has 5 rings (SSSR count). The van der Waals surface area contributed by atoms with Crippen molar-refractivity contribution in [2.75, 3.05) is 6.54 Å². The number of carbonyl (C=O) groups excluding carboxylic acids is 1. The molecule has 0 radical (unpaired) electrons. The first kappa shape index (κ1) is 13.6. The summed E-state index contributed by atoms with van der Waals surface area (Å²) in [5.74, 6) is 2.15. The number of nitrogens with zero attached hydrogens (tertiary/aromatic N) is 6. The van der Waals surface area contributed by atoms with Crippen LogP contribution in [0.1, 0.15) is 59.8 Å². The minimum atomic E-state index is -0.133. The maximum absolute atomic E-state index is 12.9. The van der Waals surface area contributed by atoms with Crippen LogP contribution in [0.2, 0.25) is 0 Å². The maximum atomic E-state index is 12.9. The Bertz CT molecular complexity index is 879. The Hall–Kier alpha value is -2.77. The predicted octanol–water partition coefficient (Wildman–Crippen LogP) is 1.97. The molecule has 8 nitrogen and oxygen atoms in total. The number of likely N-dealkylation sites (tertiary alicyclic amines) is 1. The van der Waals surface area contributed by atoms with Crippen LogP contribution < -0.4 is 0 Å². The largest absolute Gasteiger partial charge is 0.339 e. The number of amides is 1. The molecule has 4 heterocycles. The van der Waals surface area contributed by atoms with E-state index in [1.165, 1.54) is 0 Å². The average molecular weight is 324 g/mol. The number of rotatable bonds is 3. The van der Waals surface area contributed by atoms with Crippen LogP contribution in [0.15, 0.2) is 29.2 Å². The number of imidazole rings is 1. The van der Waals surface area contributed by atoms with E-state index < -0.39 is 0 Å². The Balaban J connectivity index is 1.44. The van der Waals surface area contributed by atoms with Gasteiger partial charge in [0.1, 0.15) is 5.69 Å². The zero-order valence-corrected chi connectivity index (χ0v) is 13.0. The standard InChI is InChI=1S/C16H16N6O2/c23-15(11-9-21-7-2-6-17-16(21)18-11)22-8-1-3-12(22)13-19-14(24-20-13)10-4-5-10/h2,6-7,9-10,12H,1,3-5,8H2/t12-/m0/s1. The van der Waals surface area contributed by atoms with Crippen molar-refractivity contribution in [1.29, 1.82) is 0 Å². The number of fused-ring (bicyclic) bond motifs is 1. The first-order valence-electron chi connectivity index (χ1n) is 8.24. The van der Waals surface area contributed by atoms with Crippen LogP contribution in [0.4, 0.5) is 0 Å². The first-order valence-corrected chi connectivity index (χ1v) is 8.24. The topological polar surface area (TPSA) is 89.4 Å². The summed E-state index contributed by atoms with van der Waals surface area (Å²) in [5, 5.41) is 4.11. The SMILES string of the molecule is O=C(c1cn2cccnc2n1)N1CCC[C@H]1c1noc(C2CC2)n1. The van der Waals surface area contributed by atoms with Crippen LogP contribution in [-0.2, 0) is 0 Å². The van der Waals surface area contributed by atoms with Crippen LogP contribution in [0, 0.1) is 0 Å². The molecular formula is C16H16N6O2. The van der Waals surface area contributed by atoms with E-state index in [0.717, 1.165) is 25.7 Å². The van der Waals surface area contributed by atoms with Crippen molar-refractivity contribution in [2.24, 2.45) is 0 Å². The number of carbonyl (C=O) groups is 1. The number of aromatic nitrogens is 5. The highest BCUT2D eigenvalue weighted by Crippen LogP contribution is 2.40. The third-order valence-corrected chi connectivity index (χ3v) is 4.65. The lowest BCUT2D eigenvalue weighted by atomic mass is 10.2. The second kappa shape index (κ2) is 5.12. The number of hydrogen-bond acceptors (Lipinski definition) is 6. The molecule has 1 aliphatic heterocycles. The van der Waals surface area contributed by atoms with E-state index in [0.29, 0.717) is 35.6 Å². The highest BCUT2D eigenvalue weighted by molar-refractivity contribution is 5.93. The summed E-state index contributed by atoms with van der Waals surface area (Å²) in [7, 11) is 0. The molecule has 3 aromatic rings. The molecule has 122 valence electrons. The van der Waals surface area contributed by atoms with Crippen molar-refractivity contribution in [2.45, 2.75) is 37.6 Å².